The summed E-state index contributed by atoms with van der Waals surface area (Å²) in [5, 5.41) is 11.4. The Morgan fingerprint density at radius 2 is 2.33 bits per heavy atom. The zero-order valence-electron chi connectivity index (χ0n) is 10.2. The van der Waals surface area contributed by atoms with Gasteiger partial charge in [0.1, 0.15) is 11.9 Å². The van der Waals surface area contributed by atoms with Crippen LogP contribution in [0.25, 0.3) is 0 Å². The highest BCUT2D eigenvalue weighted by atomic mass is 19.1. The van der Waals surface area contributed by atoms with Crippen LogP contribution in [0.15, 0.2) is 18.2 Å². The van der Waals surface area contributed by atoms with Crippen molar-refractivity contribution in [2.45, 2.75) is 32.2 Å². The maximum absolute atomic E-state index is 12.9. The number of amides is 1. The second kappa shape index (κ2) is 6.72. The van der Waals surface area contributed by atoms with Crippen molar-refractivity contribution in [3.05, 3.63) is 29.6 Å². The van der Waals surface area contributed by atoms with Gasteiger partial charge in [0.05, 0.1) is 11.3 Å². The van der Waals surface area contributed by atoms with E-state index in [0.29, 0.717) is 5.69 Å². The molecule has 0 spiro atoms. The van der Waals surface area contributed by atoms with E-state index >= 15 is 0 Å². The predicted molar refractivity (Wildman–Crippen MR) is 67.2 cm³/mol. The van der Waals surface area contributed by atoms with Gasteiger partial charge < -0.3 is 11.1 Å². The van der Waals surface area contributed by atoms with Gasteiger partial charge in [0.2, 0.25) is 5.91 Å². The number of hydrogen-bond acceptors (Lipinski definition) is 3. The largest absolute Gasteiger partial charge is 0.327 e. The third-order valence-corrected chi connectivity index (χ3v) is 2.48. The number of halogens is 1. The standard InChI is InChI=1S/C13H16FN3O/c1-2-3-11(16)7-13(18)17-12-5-4-10(14)6-9(12)8-15/h4-6,11H,2-3,7,16H2,1H3,(H,17,18). The summed E-state index contributed by atoms with van der Waals surface area (Å²) in [6, 6.07) is 5.29. The Hall–Kier alpha value is -1.93. The normalized spacial score (nSPS) is 11.7. The zero-order valence-corrected chi connectivity index (χ0v) is 10.2. The molecule has 1 rings (SSSR count). The summed E-state index contributed by atoms with van der Waals surface area (Å²) in [6.45, 7) is 1.99. The number of anilines is 1. The number of carbonyl (C=O) groups excluding carboxylic acids is 1. The van der Waals surface area contributed by atoms with Gasteiger partial charge in [-0.3, -0.25) is 4.79 Å². The van der Waals surface area contributed by atoms with Crippen molar-refractivity contribution >= 4 is 11.6 Å². The molecule has 0 fully saturated rings. The molecule has 96 valence electrons. The summed E-state index contributed by atoms with van der Waals surface area (Å²) in [5.41, 5.74) is 6.16. The van der Waals surface area contributed by atoms with Gasteiger partial charge in [0.15, 0.2) is 0 Å². The van der Waals surface area contributed by atoms with E-state index in [1.165, 1.54) is 12.1 Å². The minimum Gasteiger partial charge on any atom is -0.327 e. The Morgan fingerprint density at radius 3 is 2.94 bits per heavy atom. The van der Waals surface area contributed by atoms with Gasteiger partial charge >= 0.3 is 0 Å². The van der Waals surface area contributed by atoms with E-state index in [1.54, 1.807) is 0 Å². The van der Waals surface area contributed by atoms with Crippen LogP contribution in [-0.2, 0) is 4.79 Å². The predicted octanol–water partition coefficient (Wildman–Crippen LogP) is 2.15. The molecule has 0 saturated carbocycles. The monoisotopic (exact) mass is 249 g/mol. The van der Waals surface area contributed by atoms with Crippen molar-refractivity contribution in [2.24, 2.45) is 5.73 Å². The van der Waals surface area contributed by atoms with E-state index in [4.69, 9.17) is 11.0 Å². The average Bonchev–Trinajstić information content (AvgIpc) is 2.31. The maximum Gasteiger partial charge on any atom is 0.225 e. The minimum absolute atomic E-state index is 0.104. The molecule has 3 N–H and O–H groups in total. The number of rotatable bonds is 5. The van der Waals surface area contributed by atoms with Gasteiger partial charge in [0.25, 0.3) is 0 Å². The highest BCUT2D eigenvalue weighted by Gasteiger charge is 2.11. The van der Waals surface area contributed by atoms with Crippen LogP contribution in [0.3, 0.4) is 0 Å². The van der Waals surface area contributed by atoms with Crippen LogP contribution in [-0.4, -0.2) is 11.9 Å². The molecule has 0 heterocycles. The summed E-state index contributed by atoms with van der Waals surface area (Å²) in [4.78, 5) is 11.7. The molecule has 0 radical (unpaired) electrons. The Bertz CT molecular complexity index is 468. The van der Waals surface area contributed by atoms with Crippen LogP contribution in [0.5, 0.6) is 0 Å². The highest BCUT2D eigenvalue weighted by molar-refractivity contribution is 5.92. The van der Waals surface area contributed by atoms with Crippen LogP contribution in [0, 0.1) is 17.1 Å². The SMILES string of the molecule is CCCC(N)CC(=O)Nc1ccc(F)cc1C#N. The first-order chi connectivity index (χ1) is 8.56. The van der Waals surface area contributed by atoms with Gasteiger partial charge in [0, 0.05) is 12.5 Å². The van der Waals surface area contributed by atoms with E-state index < -0.39 is 5.82 Å². The number of hydrogen-bond donors (Lipinski definition) is 2. The van der Waals surface area contributed by atoms with Gasteiger partial charge in [-0.1, -0.05) is 13.3 Å². The van der Waals surface area contributed by atoms with Crippen LogP contribution in [0.2, 0.25) is 0 Å². The van der Waals surface area contributed by atoms with E-state index in [0.717, 1.165) is 18.9 Å². The molecule has 0 bridgehead atoms. The lowest BCUT2D eigenvalue weighted by molar-refractivity contribution is -0.116. The fourth-order valence-electron chi connectivity index (χ4n) is 1.63. The van der Waals surface area contributed by atoms with Crippen molar-refractivity contribution in [1.29, 1.82) is 5.26 Å². The molecule has 0 saturated heterocycles. The quantitative estimate of drug-likeness (QED) is 0.839. The van der Waals surface area contributed by atoms with Crippen LogP contribution < -0.4 is 11.1 Å². The molecule has 0 aliphatic heterocycles. The van der Waals surface area contributed by atoms with E-state index in [9.17, 15) is 9.18 Å². The molecular weight excluding hydrogens is 233 g/mol. The molecular formula is C13H16FN3O. The summed E-state index contributed by atoms with van der Waals surface area (Å²) in [5.74, 6) is -0.772. The van der Waals surface area contributed by atoms with Crippen LogP contribution in [0.4, 0.5) is 10.1 Å². The first-order valence-corrected chi connectivity index (χ1v) is 5.82. The topological polar surface area (TPSA) is 78.9 Å². The highest BCUT2D eigenvalue weighted by Crippen LogP contribution is 2.16. The maximum atomic E-state index is 12.9. The first-order valence-electron chi connectivity index (χ1n) is 5.82. The van der Waals surface area contributed by atoms with E-state index in [2.05, 4.69) is 5.32 Å². The summed E-state index contributed by atoms with van der Waals surface area (Å²) in [7, 11) is 0. The molecule has 0 aliphatic rings. The lowest BCUT2D eigenvalue weighted by atomic mass is 10.1. The van der Waals surface area contributed by atoms with Crippen LogP contribution in [0.1, 0.15) is 31.7 Å². The number of carbonyl (C=O) groups is 1. The third-order valence-electron chi connectivity index (χ3n) is 2.48. The molecule has 0 aromatic heterocycles. The summed E-state index contributed by atoms with van der Waals surface area (Å²) in [6.07, 6.45) is 1.87. The Kier molecular flexibility index (Phi) is 5.28. The molecule has 0 aliphatic carbocycles. The van der Waals surface area contributed by atoms with E-state index in [1.807, 2.05) is 13.0 Å². The number of benzene rings is 1. The lowest BCUT2D eigenvalue weighted by Gasteiger charge is -2.11. The molecule has 1 atom stereocenters. The second-order valence-electron chi connectivity index (χ2n) is 4.10. The number of nitriles is 1. The lowest BCUT2D eigenvalue weighted by Crippen LogP contribution is -2.27. The smallest absolute Gasteiger partial charge is 0.225 e. The molecule has 18 heavy (non-hydrogen) atoms. The Balaban J connectivity index is 2.68. The fourth-order valence-corrected chi connectivity index (χ4v) is 1.63. The molecule has 1 amide bonds. The van der Waals surface area contributed by atoms with Crippen molar-refractivity contribution in [1.82, 2.24) is 0 Å². The Labute approximate surface area is 106 Å². The number of nitrogens with two attached hydrogens (primary N) is 1. The summed E-state index contributed by atoms with van der Waals surface area (Å²) < 4.78 is 12.9. The molecule has 5 heteroatoms. The fraction of sp³-hybridized carbons (Fsp3) is 0.385. The van der Waals surface area contributed by atoms with Crippen molar-refractivity contribution in [2.75, 3.05) is 5.32 Å². The van der Waals surface area contributed by atoms with Gasteiger partial charge in [-0.2, -0.15) is 5.26 Å². The molecule has 1 aromatic carbocycles. The first kappa shape index (κ1) is 14.1. The van der Waals surface area contributed by atoms with Gasteiger partial charge in [-0.15, -0.1) is 0 Å². The summed E-state index contributed by atoms with van der Waals surface area (Å²) >= 11 is 0. The average molecular weight is 249 g/mol. The zero-order chi connectivity index (χ0) is 13.5. The third kappa shape index (κ3) is 4.15. The molecule has 1 unspecified atom stereocenters. The van der Waals surface area contributed by atoms with Crippen molar-refractivity contribution in [3.8, 4) is 6.07 Å². The molecule has 1 aromatic rings. The van der Waals surface area contributed by atoms with E-state index in [-0.39, 0.29) is 23.9 Å². The number of nitrogens with one attached hydrogen (secondary N) is 1. The second-order valence-corrected chi connectivity index (χ2v) is 4.10. The van der Waals surface area contributed by atoms with Crippen molar-refractivity contribution < 1.29 is 9.18 Å². The molecule has 4 nitrogen and oxygen atoms in total. The Morgan fingerprint density at radius 1 is 1.61 bits per heavy atom. The van der Waals surface area contributed by atoms with Gasteiger partial charge in [-0.25, -0.2) is 4.39 Å². The van der Waals surface area contributed by atoms with Crippen LogP contribution >= 0.6 is 0 Å². The van der Waals surface area contributed by atoms with Gasteiger partial charge in [-0.05, 0) is 24.6 Å². The minimum atomic E-state index is -0.507. The van der Waals surface area contributed by atoms with Crippen molar-refractivity contribution in [3.63, 3.8) is 0 Å². The number of nitrogens with zero attached hydrogens (tertiary/aromatic N) is 1.